The normalized spacial score (nSPS) is 24.2. The molecule has 0 amide bonds. The van der Waals surface area contributed by atoms with E-state index in [1.54, 1.807) is 0 Å². The van der Waals surface area contributed by atoms with Crippen molar-refractivity contribution >= 4 is 17.1 Å². The first-order valence-electron chi connectivity index (χ1n) is 6.07. The Kier molecular flexibility index (Phi) is 1.66. The molecule has 2 atom stereocenters. The highest BCUT2D eigenvalue weighted by Crippen LogP contribution is 2.50. The fraction of sp³-hybridized carbons (Fsp3) is 0.188. The molecular formula is C16H12O. The van der Waals surface area contributed by atoms with Crippen molar-refractivity contribution in [2.45, 2.75) is 18.3 Å². The molecule has 82 valence electrons. The topological polar surface area (TPSA) is 17.1 Å². The molecule has 2 aliphatic carbocycles. The number of hydrogen-bond donors (Lipinski definition) is 0. The van der Waals surface area contributed by atoms with Crippen LogP contribution in [0.15, 0.2) is 42.5 Å². The number of allylic oxidation sites excluding steroid dienone is 2. The fourth-order valence-electron chi connectivity index (χ4n) is 3.41. The maximum absolute atomic E-state index is 11.1. The Balaban J connectivity index is 2.13. The summed E-state index contributed by atoms with van der Waals surface area (Å²) in [6, 6.07) is 10.3. The second-order valence-corrected chi connectivity index (χ2v) is 4.96. The van der Waals surface area contributed by atoms with Gasteiger partial charge in [0.2, 0.25) is 0 Å². The minimum Gasteiger partial charge on any atom is -0.298 e. The smallest absolute Gasteiger partial charge is 0.150 e. The molecule has 2 aliphatic rings. The molecule has 2 aromatic carbocycles. The molecule has 2 unspecified atom stereocenters. The minimum absolute atomic E-state index is 0.570. The SMILES string of the molecule is O=Cc1cccc2c3c(ccc12)C1C=CC3C1. The molecule has 0 spiro atoms. The van der Waals surface area contributed by atoms with E-state index in [-0.39, 0.29) is 0 Å². The summed E-state index contributed by atoms with van der Waals surface area (Å²) < 4.78 is 0. The maximum atomic E-state index is 11.1. The van der Waals surface area contributed by atoms with Crippen molar-refractivity contribution in [3.05, 3.63) is 59.2 Å². The third kappa shape index (κ3) is 1.06. The van der Waals surface area contributed by atoms with Crippen molar-refractivity contribution in [2.24, 2.45) is 0 Å². The van der Waals surface area contributed by atoms with Crippen LogP contribution in [0.3, 0.4) is 0 Å². The first kappa shape index (κ1) is 9.17. The zero-order valence-electron chi connectivity index (χ0n) is 9.39. The van der Waals surface area contributed by atoms with Crippen molar-refractivity contribution in [3.8, 4) is 0 Å². The van der Waals surface area contributed by atoms with Gasteiger partial charge in [0.25, 0.3) is 0 Å². The summed E-state index contributed by atoms with van der Waals surface area (Å²) >= 11 is 0. The summed E-state index contributed by atoms with van der Waals surface area (Å²) in [6.45, 7) is 0. The summed E-state index contributed by atoms with van der Waals surface area (Å²) in [5, 5.41) is 2.37. The third-order valence-electron chi connectivity index (χ3n) is 4.15. The average Bonchev–Trinajstić information content (AvgIpc) is 2.99. The molecule has 0 heterocycles. The Morgan fingerprint density at radius 1 is 1.00 bits per heavy atom. The van der Waals surface area contributed by atoms with Crippen molar-refractivity contribution in [3.63, 3.8) is 0 Å². The van der Waals surface area contributed by atoms with Crippen LogP contribution in [0.5, 0.6) is 0 Å². The van der Waals surface area contributed by atoms with Gasteiger partial charge in [0, 0.05) is 17.4 Å². The van der Waals surface area contributed by atoms with E-state index in [0.717, 1.165) is 17.2 Å². The molecule has 0 N–H and O–H groups in total. The number of fused-ring (bicyclic) bond motifs is 7. The molecule has 0 saturated heterocycles. The lowest BCUT2D eigenvalue weighted by atomic mass is 9.90. The monoisotopic (exact) mass is 220 g/mol. The van der Waals surface area contributed by atoms with Crippen LogP contribution < -0.4 is 0 Å². The molecule has 2 aromatic rings. The number of carbonyl (C=O) groups is 1. The van der Waals surface area contributed by atoms with Crippen LogP contribution in [0, 0.1) is 0 Å². The minimum atomic E-state index is 0.570. The zero-order valence-corrected chi connectivity index (χ0v) is 9.39. The standard InChI is InChI=1S/C16H12O/c17-9-12-2-1-3-15-13(12)6-7-14-10-4-5-11(8-10)16(14)15/h1-7,9-11H,8H2. The highest BCUT2D eigenvalue weighted by Gasteiger charge is 2.33. The van der Waals surface area contributed by atoms with Gasteiger partial charge >= 0.3 is 0 Å². The molecule has 0 aromatic heterocycles. The van der Waals surface area contributed by atoms with Gasteiger partial charge < -0.3 is 0 Å². The number of benzene rings is 2. The van der Waals surface area contributed by atoms with E-state index in [4.69, 9.17) is 0 Å². The summed E-state index contributed by atoms with van der Waals surface area (Å²) in [4.78, 5) is 11.1. The molecule has 4 rings (SSSR count). The number of hydrogen-bond acceptors (Lipinski definition) is 1. The van der Waals surface area contributed by atoms with Crippen LogP contribution in [-0.4, -0.2) is 6.29 Å². The van der Waals surface area contributed by atoms with E-state index >= 15 is 0 Å². The Hall–Kier alpha value is -1.89. The second-order valence-electron chi connectivity index (χ2n) is 4.96. The molecule has 0 radical (unpaired) electrons. The molecule has 1 nitrogen and oxygen atoms in total. The molecule has 0 fully saturated rings. The molecule has 0 aliphatic heterocycles. The van der Waals surface area contributed by atoms with Crippen LogP contribution in [0.1, 0.15) is 39.7 Å². The van der Waals surface area contributed by atoms with Gasteiger partial charge in [-0.25, -0.2) is 0 Å². The molecule has 2 bridgehead atoms. The quantitative estimate of drug-likeness (QED) is 0.528. The van der Waals surface area contributed by atoms with E-state index < -0.39 is 0 Å². The lowest BCUT2D eigenvalue weighted by Crippen LogP contribution is -1.95. The van der Waals surface area contributed by atoms with Crippen molar-refractivity contribution in [2.75, 3.05) is 0 Å². The Labute approximate surface area is 99.8 Å². The summed E-state index contributed by atoms with van der Waals surface area (Å²) in [7, 11) is 0. The van der Waals surface area contributed by atoms with Gasteiger partial charge in [-0.1, -0.05) is 42.5 Å². The van der Waals surface area contributed by atoms with Gasteiger partial charge in [-0.05, 0) is 28.3 Å². The van der Waals surface area contributed by atoms with E-state index in [1.807, 2.05) is 12.1 Å². The first-order valence-corrected chi connectivity index (χ1v) is 6.07. The zero-order chi connectivity index (χ0) is 11.4. The van der Waals surface area contributed by atoms with Gasteiger partial charge in [-0.2, -0.15) is 0 Å². The van der Waals surface area contributed by atoms with Crippen LogP contribution in [0.4, 0.5) is 0 Å². The van der Waals surface area contributed by atoms with E-state index in [1.165, 1.54) is 22.9 Å². The van der Waals surface area contributed by atoms with E-state index in [9.17, 15) is 4.79 Å². The number of carbonyl (C=O) groups excluding carboxylic acids is 1. The largest absolute Gasteiger partial charge is 0.298 e. The molecule has 17 heavy (non-hydrogen) atoms. The maximum Gasteiger partial charge on any atom is 0.150 e. The average molecular weight is 220 g/mol. The highest BCUT2D eigenvalue weighted by atomic mass is 16.1. The van der Waals surface area contributed by atoms with Gasteiger partial charge in [0.15, 0.2) is 6.29 Å². The van der Waals surface area contributed by atoms with Crippen molar-refractivity contribution < 1.29 is 4.79 Å². The Morgan fingerprint density at radius 2 is 1.88 bits per heavy atom. The van der Waals surface area contributed by atoms with Gasteiger partial charge in [0.1, 0.15) is 0 Å². The van der Waals surface area contributed by atoms with Crippen LogP contribution in [0.2, 0.25) is 0 Å². The molecular weight excluding hydrogens is 208 g/mol. The van der Waals surface area contributed by atoms with E-state index in [0.29, 0.717) is 11.8 Å². The van der Waals surface area contributed by atoms with Crippen LogP contribution in [-0.2, 0) is 0 Å². The summed E-state index contributed by atoms with van der Waals surface area (Å²) in [5.41, 5.74) is 3.73. The molecule has 0 saturated carbocycles. The number of rotatable bonds is 1. The first-order chi connectivity index (χ1) is 8.38. The summed E-state index contributed by atoms with van der Waals surface area (Å²) in [5.74, 6) is 1.18. The predicted molar refractivity (Wildman–Crippen MR) is 68.6 cm³/mol. The van der Waals surface area contributed by atoms with E-state index in [2.05, 4.69) is 30.4 Å². The van der Waals surface area contributed by atoms with Crippen molar-refractivity contribution in [1.29, 1.82) is 0 Å². The van der Waals surface area contributed by atoms with Gasteiger partial charge in [-0.3, -0.25) is 4.79 Å². The highest BCUT2D eigenvalue weighted by molar-refractivity contribution is 6.00. The lowest BCUT2D eigenvalue weighted by molar-refractivity contribution is 0.112. The molecule has 1 heteroatoms. The summed E-state index contributed by atoms with van der Waals surface area (Å²) in [6.07, 6.45) is 6.82. The lowest BCUT2D eigenvalue weighted by Gasteiger charge is -2.14. The number of aldehydes is 1. The second kappa shape index (κ2) is 3.07. The van der Waals surface area contributed by atoms with Crippen molar-refractivity contribution in [1.82, 2.24) is 0 Å². The third-order valence-corrected chi connectivity index (χ3v) is 4.15. The Morgan fingerprint density at radius 3 is 2.76 bits per heavy atom. The predicted octanol–water partition coefficient (Wildman–Crippen LogP) is 3.79. The van der Waals surface area contributed by atoms with Crippen LogP contribution >= 0.6 is 0 Å². The Bertz CT molecular complexity index is 667. The van der Waals surface area contributed by atoms with Gasteiger partial charge in [0.05, 0.1) is 0 Å². The fourth-order valence-corrected chi connectivity index (χ4v) is 3.41. The van der Waals surface area contributed by atoms with Crippen LogP contribution in [0.25, 0.3) is 10.8 Å². The van der Waals surface area contributed by atoms with Gasteiger partial charge in [-0.15, -0.1) is 0 Å².